The van der Waals surface area contributed by atoms with E-state index < -0.39 is 0 Å². The molecule has 2 N–H and O–H groups in total. The summed E-state index contributed by atoms with van der Waals surface area (Å²) in [5.41, 5.74) is 0. The van der Waals surface area contributed by atoms with Crippen LogP contribution in [0, 0.1) is 5.92 Å². The minimum Gasteiger partial charge on any atom is -0.355 e. The van der Waals surface area contributed by atoms with E-state index in [0.717, 1.165) is 12.2 Å². The summed E-state index contributed by atoms with van der Waals surface area (Å²) in [6, 6.07) is 4.07. The molecule has 96 valence electrons. The van der Waals surface area contributed by atoms with Crippen molar-refractivity contribution in [2.75, 3.05) is 6.54 Å². The number of nitrogens with one attached hydrogen (secondary N) is 2. The molecule has 0 aliphatic carbocycles. The molecule has 0 radical (unpaired) electrons. The first-order chi connectivity index (χ1) is 8.75. The number of aromatic nitrogens is 3. The van der Waals surface area contributed by atoms with Gasteiger partial charge in [-0.1, -0.05) is 13.0 Å². The summed E-state index contributed by atoms with van der Waals surface area (Å²) in [5, 5.41) is 11.5. The fourth-order valence-corrected chi connectivity index (χ4v) is 2.49. The topological polar surface area (TPSA) is 70.7 Å². The van der Waals surface area contributed by atoms with Gasteiger partial charge in [-0.3, -0.25) is 9.89 Å². The van der Waals surface area contributed by atoms with E-state index in [1.165, 1.54) is 11.2 Å². The van der Waals surface area contributed by atoms with Crippen molar-refractivity contribution in [3.63, 3.8) is 0 Å². The zero-order valence-electron chi connectivity index (χ0n) is 10.2. The van der Waals surface area contributed by atoms with E-state index in [9.17, 15) is 4.79 Å². The van der Waals surface area contributed by atoms with Gasteiger partial charge in [0.25, 0.3) is 0 Å². The minimum atomic E-state index is -0.00150. The summed E-state index contributed by atoms with van der Waals surface area (Å²) in [6.45, 7) is 2.53. The van der Waals surface area contributed by atoms with E-state index in [-0.39, 0.29) is 11.8 Å². The van der Waals surface area contributed by atoms with Crippen molar-refractivity contribution in [2.45, 2.75) is 19.8 Å². The molecule has 2 aromatic rings. The number of H-pyrrole nitrogens is 1. The number of nitrogens with zero attached hydrogens (tertiary/aromatic N) is 2. The Labute approximate surface area is 110 Å². The van der Waals surface area contributed by atoms with Gasteiger partial charge >= 0.3 is 0 Å². The maximum Gasteiger partial charge on any atom is 0.223 e. The maximum atomic E-state index is 11.8. The molecule has 1 atom stereocenters. The Balaban J connectivity index is 1.70. The van der Waals surface area contributed by atoms with Crippen molar-refractivity contribution in [3.8, 4) is 0 Å². The fourth-order valence-electron chi connectivity index (χ4n) is 1.65. The van der Waals surface area contributed by atoms with Gasteiger partial charge in [0.1, 0.15) is 12.2 Å². The van der Waals surface area contributed by atoms with Crippen LogP contribution in [0.2, 0.25) is 0 Å². The largest absolute Gasteiger partial charge is 0.355 e. The quantitative estimate of drug-likeness (QED) is 0.828. The predicted molar refractivity (Wildman–Crippen MR) is 70.3 cm³/mol. The molecule has 0 aromatic carbocycles. The van der Waals surface area contributed by atoms with Gasteiger partial charge in [0.2, 0.25) is 5.91 Å². The zero-order chi connectivity index (χ0) is 12.8. The Hall–Kier alpha value is -1.69. The van der Waals surface area contributed by atoms with Crippen molar-refractivity contribution < 1.29 is 4.79 Å². The van der Waals surface area contributed by atoms with Crippen molar-refractivity contribution in [1.82, 2.24) is 20.5 Å². The molecule has 2 aromatic heterocycles. The van der Waals surface area contributed by atoms with Crippen molar-refractivity contribution in [1.29, 1.82) is 0 Å². The Morgan fingerprint density at radius 1 is 1.61 bits per heavy atom. The lowest BCUT2D eigenvalue weighted by atomic mass is 10.1. The van der Waals surface area contributed by atoms with Crippen LogP contribution >= 0.6 is 11.3 Å². The summed E-state index contributed by atoms with van der Waals surface area (Å²) >= 11 is 1.69. The molecule has 0 spiro atoms. The molecule has 2 heterocycles. The lowest BCUT2D eigenvalue weighted by molar-refractivity contribution is -0.124. The number of amides is 1. The second-order valence-electron chi connectivity index (χ2n) is 4.16. The molecule has 0 aliphatic heterocycles. The lowest BCUT2D eigenvalue weighted by Gasteiger charge is -2.10. The Morgan fingerprint density at radius 3 is 3.17 bits per heavy atom. The van der Waals surface area contributed by atoms with E-state index in [2.05, 4.69) is 26.6 Å². The summed E-state index contributed by atoms with van der Waals surface area (Å²) < 4.78 is 0. The summed E-state index contributed by atoms with van der Waals surface area (Å²) in [5.74, 6) is 0.877. The van der Waals surface area contributed by atoms with Crippen LogP contribution in [0.25, 0.3) is 0 Å². The molecule has 0 saturated heterocycles. The van der Waals surface area contributed by atoms with E-state index >= 15 is 0 Å². The molecule has 1 unspecified atom stereocenters. The molecule has 2 rings (SSSR count). The second kappa shape index (κ2) is 6.30. The third-order valence-corrected chi connectivity index (χ3v) is 3.56. The van der Waals surface area contributed by atoms with Crippen LogP contribution in [0.1, 0.15) is 17.6 Å². The highest BCUT2D eigenvalue weighted by atomic mass is 32.1. The molecule has 0 saturated carbocycles. The minimum absolute atomic E-state index is 0.00150. The Kier molecular flexibility index (Phi) is 4.46. The second-order valence-corrected chi connectivity index (χ2v) is 5.19. The Bertz CT molecular complexity index is 466. The van der Waals surface area contributed by atoms with E-state index in [4.69, 9.17) is 0 Å². The highest BCUT2D eigenvalue weighted by molar-refractivity contribution is 7.09. The van der Waals surface area contributed by atoms with Crippen LogP contribution in [0.4, 0.5) is 0 Å². The Morgan fingerprint density at radius 2 is 2.50 bits per heavy atom. The van der Waals surface area contributed by atoms with Crippen LogP contribution in [0.3, 0.4) is 0 Å². The third kappa shape index (κ3) is 3.66. The van der Waals surface area contributed by atoms with E-state index in [0.29, 0.717) is 13.0 Å². The van der Waals surface area contributed by atoms with Gasteiger partial charge in [-0.2, -0.15) is 5.10 Å². The van der Waals surface area contributed by atoms with Crippen LogP contribution in [0.15, 0.2) is 23.8 Å². The average molecular weight is 264 g/mol. The predicted octanol–water partition coefficient (Wildman–Crippen LogP) is 1.40. The first kappa shape index (κ1) is 12.8. The molecular formula is C12H16N4OS. The van der Waals surface area contributed by atoms with Crippen LogP contribution in [-0.2, 0) is 17.6 Å². The molecule has 1 amide bonds. The van der Waals surface area contributed by atoms with Gasteiger partial charge in [0.05, 0.1) is 0 Å². The van der Waals surface area contributed by atoms with Gasteiger partial charge in [-0.05, 0) is 17.9 Å². The standard InChI is InChI=1S/C12H16N4OS/c1-9(7-10-3-2-6-18-10)12(17)13-5-4-11-14-8-15-16-11/h2-3,6,8-9H,4-5,7H2,1H3,(H,13,17)(H,14,15,16). The van der Waals surface area contributed by atoms with Crippen molar-refractivity contribution in [2.24, 2.45) is 5.92 Å². The summed E-state index contributed by atoms with van der Waals surface area (Å²) in [6.07, 6.45) is 2.94. The van der Waals surface area contributed by atoms with Crippen LogP contribution in [0.5, 0.6) is 0 Å². The average Bonchev–Trinajstić information content (AvgIpc) is 3.01. The number of carbonyl (C=O) groups is 1. The van der Waals surface area contributed by atoms with Gasteiger partial charge in [-0.25, -0.2) is 4.98 Å². The SMILES string of the molecule is CC(Cc1cccs1)C(=O)NCCc1ncn[nH]1. The number of rotatable bonds is 6. The highest BCUT2D eigenvalue weighted by Gasteiger charge is 2.13. The van der Waals surface area contributed by atoms with Gasteiger partial charge in [0, 0.05) is 23.8 Å². The molecular weight excluding hydrogens is 248 g/mol. The molecule has 0 bridgehead atoms. The molecule has 6 heteroatoms. The smallest absolute Gasteiger partial charge is 0.223 e. The monoisotopic (exact) mass is 264 g/mol. The van der Waals surface area contributed by atoms with Crippen LogP contribution < -0.4 is 5.32 Å². The van der Waals surface area contributed by atoms with Crippen molar-refractivity contribution >= 4 is 17.2 Å². The molecule has 18 heavy (non-hydrogen) atoms. The fraction of sp³-hybridized carbons (Fsp3) is 0.417. The molecule has 0 aliphatic rings. The normalized spacial score (nSPS) is 12.3. The number of aromatic amines is 1. The number of carbonyl (C=O) groups excluding carboxylic acids is 1. The van der Waals surface area contributed by atoms with Gasteiger partial charge < -0.3 is 5.32 Å². The van der Waals surface area contributed by atoms with Crippen molar-refractivity contribution in [3.05, 3.63) is 34.5 Å². The highest BCUT2D eigenvalue weighted by Crippen LogP contribution is 2.14. The summed E-state index contributed by atoms with van der Waals surface area (Å²) in [7, 11) is 0. The molecule has 5 nitrogen and oxygen atoms in total. The van der Waals surface area contributed by atoms with Gasteiger partial charge in [-0.15, -0.1) is 11.3 Å². The van der Waals surface area contributed by atoms with E-state index in [1.807, 2.05) is 18.4 Å². The summed E-state index contributed by atoms with van der Waals surface area (Å²) in [4.78, 5) is 17.1. The van der Waals surface area contributed by atoms with E-state index in [1.54, 1.807) is 11.3 Å². The maximum absolute atomic E-state index is 11.8. The van der Waals surface area contributed by atoms with Gasteiger partial charge in [0.15, 0.2) is 0 Å². The third-order valence-electron chi connectivity index (χ3n) is 2.66. The van der Waals surface area contributed by atoms with Crippen LogP contribution in [-0.4, -0.2) is 27.6 Å². The molecule has 0 fully saturated rings. The number of hydrogen-bond donors (Lipinski definition) is 2. The lowest BCUT2D eigenvalue weighted by Crippen LogP contribution is -2.31. The first-order valence-electron chi connectivity index (χ1n) is 5.90. The zero-order valence-corrected chi connectivity index (χ0v) is 11.0. The first-order valence-corrected chi connectivity index (χ1v) is 6.78. The number of hydrogen-bond acceptors (Lipinski definition) is 4. The number of thiophene rings is 1.